The fourth-order valence-electron chi connectivity index (χ4n) is 2.56. The van der Waals surface area contributed by atoms with Crippen molar-refractivity contribution in [3.8, 4) is 0 Å². The molecule has 0 aliphatic carbocycles. The second kappa shape index (κ2) is 7.84. The first kappa shape index (κ1) is 17.1. The molecule has 0 aromatic carbocycles. The Bertz CT molecular complexity index is 445. The Morgan fingerprint density at radius 3 is 2.81 bits per heavy atom. The lowest BCUT2D eigenvalue weighted by Gasteiger charge is -2.37. The minimum atomic E-state index is 0.523. The third kappa shape index (κ3) is 4.36. The maximum atomic E-state index is 4.98. The summed E-state index contributed by atoms with van der Waals surface area (Å²) in [6.45, 7) is 13.4. The van der Waals surface area contributed by atoms with Crippen molar-refractivity contribution in [2.45, 2.75) is 71.3 Å². The zero-order valence-corrected chi connectivity index (χ0v) is 15.6. The van der Waals surface area contributed by atoms with Crippen molar-refractivity contribution in [3.63, 3.8) is 0 Å². The second-order valence-electron chi connectivity index (χ2n) is 6.16. The third-order valence-corrected chi connectivity index (χ3v) is 6.53. The number of rotatable bonds is 6. The van der Waals surface area contributed by atoms with E-state index in [2.05, 4.69) is 56.6 Å². The number of aryl methyl sites for hydroxylation is 1. The molecule has 120 valence electrons. The van der Waals surface area contributed by atoms with Gasteiger partial charge in [-0.25, -0.2) is 4.98 Å². The third-order valence-electron chi connectivity index (χ3n) is 4.05. The first-order valence-electron chi connectivity index (χ1n) is 8.13. The van der Waals surface area contributed by atoms with Crippen molar-refractivity contribution in [3.05, 3.63) is 10.6 Å². The van der Waals surface area contributed by atoms with Crippen LogP contribution in [0.4, 0.5) is 5.13 Å². The van der Waals surface area contributed by atoms with Crippen molar-refractivity contribution >= 4 is 28.2 Å². The molecule has 1 N–H and O–H groups in total. The van der Waals surface area contributed by atoms with E-state index in [0.717, 1.165) is 19.5 Å². The maximum absolute atomic E-state index is 4.98. The van der Waals surface area contributed by atoms with Crippen LogP contribution in [0, 0.1) is 0 Å². The molecule has 2 atom stereocenters. The molecule has 0 amide bonds. The average molecular weight is 328 g/mol. The molecule has 21 heavy (non-hydrogen) atoms. The van der Waals surface area contributed by atoms with E-state index < -0.39 is 0 Å². The molecule has 1 aliphatic rings. The van der Waals surface area contributed by atoms with Crippen molar-refractivity contribution < 1.29 is 0 Å². The summed E-state index contributed by atoms with van der Waals surface area (Å²) in [7, 11) is 0. The summed E-state index contributed by atoms with van der Waals surface area (Å²) >= 11 is 3.98. The van der Waals surface area contributed by atoms with Crippen LogP contribution in [0.25, 0.3) is 0 Å². The lowest BCUT2D eigenvalue weighted by molar-refractivity contribution is 0.589. The quantitative estimate of drug-likeness (QED) is 0.857. The Kier molecular flexibility index (Phi) is 6.38. The highest BCUT2D eigenvalue weighted by molar-refractivity contribution is 8.00. The highest BCUT2D eigenvalue weighted by Crippen LogP contribution is 2.33. The number of thioether (sulfide) groups is 1. The van der Waals surface area contributed by atoms with E-state index in [1.165, 1.54) is 27.9 Å². The molecule has 1 aliphatic heterocycles. The average Bonchev–Trinajstić information content (AvgIpc) is 2.83. The van der Waals surface area contributed by atoms with Crippen LogP contribution in [0.3, 0.4) is 0 Å². The zero-order chi connectivity index (χ0) is 15.4. The topological polar surface area (TPSA) is 28.2 Å². The highest BCUT2D eigenvalue weighted by atomic mass is 32.2. The van der Waals surface area contributed by atoms with Gasteiger partial charge in [0, 0.05) is 41.1 Å². The van der Waals surface area contributed by atoms with Gasteiger partial charge in [-0.15, -0.1) is 11.3 Å². The molecule has 2 unspecified atom stereocenters. The van der Waals surface area contributed by atoms with Gasteiger partial charge in [0.25, 0.3) is 0 Å². The minimum Gasteiger partial charge on any atom is -0.343 e. The number of anilines is 1. The van der Waals surface area contributed by atoms with Gasteiger partial charge in [-0.1, -0.05) is 34.1 Å². The Balaban J connectivity index is 2.17. The summed E-state index contributed by atoms with van der Waals surface area (Å²) in [5.74, 6) is 1.22. The summed E-state index contributed by atoms with van der Waals surface area (Å²) in [6.07, 6.45) is 2.26. The van der Waals surface area contributed by atoms with Gasteiger partial charge in [0.05, 0.1) is 5.69 Å². The molecule has 1 aromatic rings. The van der Waals surface area contributed by atoms with Crippen LogP contribution in [0.15, 0.2) is 0 Å². The summed E-state index contributed by atoms with van der Waals surface area (Å²) in [6, 6.07) is 1.10. The van der Waals surface area contributed by atoms with E-state index in [1.54, 1.807) is 0 Å². The number of nitrogens with one attached hydrogen (secondary N) is 1. The van der Waals surface area contributed by atoms with Crippen molar-refractivity contribution in [2.75, 3.05) is 17.2 Å². The van der Waals surface area contributed by atoms with Gasteiger partial charge in [0.15, 0.2) is 5.13 Å². The number of hydrogen-bond acceptors (Lipinski definition) is 5. The first-order chi connectivity index (χ1) is 10.0. The van der Waals surface area contributed by atoms with Crippen molar-refractivity contribution in [1.29, 1.82) is 0 Å². The van der Waals surface area contributed by atoms with Crippen molar-refractivity contribution in [2.24, 2.45) is 0 Å². The van der Waals surface area contributed by atoms with Gasteiger partial charge in [-0.2, -0.15) is 11.8 Å². The smallest absolute Gasteiger partial charge is 0.186 e. The molecule has 2 heterocycles. The van der Waals surface area contributed by atoms with Crippen LogP contribution < -0.4 is 10.2 Å². The Morgan fingerprint density at radius 1 is 1.38 bits per heavy atom. The first-order valence-corrected chi connectivity index (χ1v) is 9.99. The summed E-state index contributed by atoms with van der Waals surface area (Å²) in [5.41, 5.74) is 1.31. The maximum Gasteiger partial charge on any atom is 0.186 e. The highest BCUT2D eigenvalue weighted by Gasteiger charge is 2.28. The zero-order valence-electron chi connectivity index (χ0n) is 14.0. The number of aromatic nitrogens is 1. The normalized spacial score (nSPS) is 23.0. The molecule has 2 rings (SSSR count). The molecule has 1 fully saturated rings. The monoisotopic (exact) mass is 327 g/mol. The van der Waals surface area contributed by atoms with E-state index in [9.17, 15) is 0 Å². The fraction of sp³-hybridized carbons (Fsp3) is 0.812. The van der Waals surface area contributed by atoms with E-state index in [4.69, 9.17) is 4.98 Å². The lowest BCUT2D eigenvalue weighted by Crippen LogP contribution is -2.44. The number of nitrogens with zero attached hydrogens (tertiary/aromatic N) is 2. The predicted octanol–water partition coefficient (Wildman–Crippen LogP) is 3.92. The molecule has 0 bridgehead atoms. The van der Waals surface area contributed by atoms with E-state index in [1.807, 2.05) is 11.3 Å². The van der Waals surface area contributed by atoms with Crippen LogP contribution in [0.1, 0.15) is 51.6 Å². The molecule has 5 heteroatoms. The van der Waals surface area contributed by atoms with Crippen LogP contribution in [0.2, 0.25) is 0 Å². The molecule has 1 saturated heterocycles. The number of thiazole rings is 1. The second-order valence-corrected chi connectivity index (χ2v) is 8.71. The Morgan fingerprint density at radius 2 is 2.14 bits per heavy atom. The fourth-order valence-corrected chi connectivity index (χ4v) is 4.83. The van der Waals surface area contributed by atoms with E-state index >= 15 is 0 Å². The summed E-state index contributed by atoms with van der Waals surface area (Å²) in [5, 5.41) is 5.47. The van der Waals surface area contributed by atoms with Gasteiger partial charge in [-0.3, -0.25) is 0 Å². The van der Waals surface area contributed by atoms with Crippen LogP contribution >= 0.6 is 23.1 Å². The van der Waals surface area contributed by atoms with Crippen molar-refractivity contribution in [1.82, 2.24) is 10.3 Å². The van der Waals surface area contributed by atoms with Crippen LogP contribution in [-0.4, -0.2) is 34.6 Å². The Labute approximate surface area is 137 Å². The van der Waals surface area contributed by atoms with Gasteiger partial charge < -0.3 is 10.2 Å². The van der Waals surface area contributed by atoms with Crippen LogP contribution in [0.5, 0.6) is 0 Å². The minimum absolute atomic E-state index is 0.523. The van der Waals surface area contributed by atoms with Gasteiger partial charge >= 0.3 is 0 Å². The lowest BCUT2D eigenvalue weighted by atomic mass is 10.2. The SMILES string of the molecule is CCCc1nc(N2CCSC(C)C2C)sc1CNC(C)C. The van der Waals surface area contributed by atoms with Gasteiger partial charge in [-0.05, 0) is 13.3 Å². The van der Waals surface area contributed by atoms with E-state index in [0.29, 0.717) is 17.3 Å². The molecular formula is C16H29N3S2. The molecule has 0 radical (unpaired) electrons. The molecule has 0 saturated carbocycles. The van der Waals surface area contributed by atoms with Crippen LogP contribution in [-0.2, 0) is 13.0 Å². The van der Waals surface area contributed by atoms with Gasteiger partial charge in [0.2, 0.25) is 0 Å². The largest absolute Gasteiger partial charge is 0.343 e. The summed E-state index contributed by atoms with van der Waals surface area (Å²) < 4.78 is 0. The molecule has 1 aromatic heterocycles. The number of hydrogen-bond donors (Lipinski definition) is 1. The summed E-state index contributed by atoms with van der Waals surface area (Å²) in [4.78, 5) is 8.93. The van der Waals surface area contributed by atoms with Gasteiger partial charge in [0.1, 0.15) is 0 Å². The predicted molar refractivity (Wildman–Crippen MR) is 96.8 cm³/mol. The molecule has 3 nitrogen and oxygen atoms in total. The Hall–Kier alpha value is -0.260. The van der Waals surface area contributed by atoms with E-state index in [-0.39, 0.29) is 0 Å². The standard InChI is InChI=1S/C16H29N3S2/c1-6-7-14-15(10-17-11(2)3)21-16(18-14)19-8-9-20-13(5)12(19)4/h11-13,17H,6-10H2,1-5H3. The molecule has 0 spiro atoms. The molecular weight excluding hydrogens is 298 g/mol.